The van der Waals surface area contributed by atoms with Crippen LogP contribution in [0.3, 0.4) is 0 Å². The number of nitro groups is 1. The summed E-state index contributed by atoms with van der Waals surface area (Å²) in [5, 5.41) is 11.7. The molecule has 0 N–H and O–H groups in total. The first kappa shape index (κ1) is 26.1. The van der Waals surface area contributed by atoms with E-state index in [1.54, 1.807) is 56.3 Å². The van der Waals surface area contributed by atoms with Crippen molar-refractivity contribution in [1.29, 1.82) is 0 Å². The van der Waals surface area contributed by atoms with Crippen LogP contribution >= 0.6 is 27.5 Å². The molecule has 1 aliphatic rings. The molecule has 0 atom stereocenters. The Labute approximate surface area is 224 Å². The molecule has 3 aromatic carbocycles. The van der Waals surface area contributed by atoms with Crippen molar-refractivity contribution in [3.8, 4) is 11.5 Å². The van der Waals surface area contributed by atoms with E-state index in [1.807, 2.05) is 0 Å². The van der Waals surface area contributed by atoms with Gasteiger partial charge in [0.25, 0.3) is 5.69 Å². The largest absolute Gasteiger partial charge is 0.490 e. The molecule has 1 heterocycles. The van der Waals surface area contributed by atoms with Gasteiger partial charge in [-0.1, -0.05) is 17.7 Å². The number of carbonyl (C=O) groups is 2. The van der Waals surface area contributed by atoms with Crippen LogP contribution in [0.1, 0.15) is 34.0 Å². The van der Waals surface area contributed by atoms with Gasteiger partial charge in [0.2, 0.25) is 5.90 Å². The first-order valence-electron chi connectivity index (χ1n) is 10.9. The second-order valence-corrected chi connectivity index (χ2v) is 8.99. The Morgan fingerprint density at radius 3 is 2.62 bits per heavy atom. The van der Waals surface area contributed by atoms with Gasteiger partial charge in [-0.15, -0.1) is 0 Å². The van der Waals surface area contributed by atoms with Crippen molar-refractivity contribution in [2.45, 2.75) is 13.8 Å². The number of benzene rings is 3. The van der Waals surface area contributed by atoms with Crippen molar-refractivity contribution in [3.63, 3.8) is 0 Å². The number of carbonyl (C=O) groups excluding carboxylic acids is 2. The SMILES string of the molecule is CCOc1cc(/C=C2\N=C(c3cccc([N+](=O)[O-])c3C)OC2=O)cc(Br)c1OC(=O)c1ccc(Cl)cc1. The maximum atomic E-state index is 12.6. The Bertz CT molecular complexity index is 1480. The molecular formula is C26H18BrClN2O7. The quantitative estimate of drug-likeness (QED) is 0.105. The standard InChI is InChI=1S/C26H18BrClN2O7/c1-3-35-22-13-15(11-19(27)23(22)36-25(31)16-7-9-17(28)10-8-16)12-20-26(32)37-24(29-20)18-5-4-6-21(14(18)2)30(33)34/h4-13H,3H2,1-2H3/b20-12-. The van der Waals surface area contributed by atoms with Crippen LogP contribution < -0.4 is 9.47 Å². The fraction of sp³-hybridized carbons (Fsp3) is 0.115. The van der Waals surface area contributed by atoms with Crippen LogP contribution in [0.2, 0.25) is 5.02 Å². The first-order chi connectivity index (χ1) is 17.7. The van der Waals surface area contributed by atoms with Gasteiger partial charge in [0.15, 0.2) is 17.2 Å². The van der Waals surface area contributed by atoms with Gasteiger partial charge in [0, 0.05) is 22.2 Å². The number of aliphatic imine (C=N–C) groups is 1. The molecule has 0 fully saturated rings. The van der Waals surface area contributed by atoms with E-state index in [9.17, 15) is 19.7 Å². The zero-order valence-corrected chi connectivity index (χ0v) is 21.8. The topological polar surface area (TPSA) is 117 Å². The lowest BCUT2D eigenvalue weighted by Crippen LogP contribution is -2.10. The Balaban J connectivity index is 1.67. The number of cyclic esters (lactones) is 1. The minimum atomic E-state index is -0.715. The van der Waals surface area contributed by atoms with Crippen LogP contribution in [0, 0.1) is 17.0 Å². The smallest absolute Gasteiger partial charge is 0.363 e. The summed E-state index contributed by atoms with van der Waals surface area (Å²) < 4.78 is 16.9. The molecule has 4 rings (SSSR count). The molecule has 11 heteroatoms. The first-order valence-corrected chi connectivity index (χ1v) is 12.1. The normalized spacial score (nSPS) is 13.8. The highest BCUT2D eigenvalue weighted by molar-refractivity contribution is 9.10. The van der Waals surface area contributed by atoms with E-state index >= 15 is 0 Å². The van der Waals surface area contributed by atoms with Crippen molar-refractivity contribution in [3.05, 3.63) is 102 Å². The Kier molecular flexibility index (Phi) is 7.70. The van der Waals surface area contributed by atoms with E-state index in [0.29, 0.717) is 31.7 Å². The van der Waals surface area contributed by atoms with Crippen LogP contribution in [0.25, 0.3) is 6.08 Å². The second-order valence-electron chi connectivity index (χ2n) is 7.70. The number of rotatable bonds is 7. The number of ether oxygens (including phenoxy) is 3. The monoisotopic (exact) mass is 584 g/mol. The minimum Gasteiger partial charge on any atom is -0.490 e. The van der Waals surface area contributed by atoms with Gasteiger partial charge in [0.1, 0.15) is 0 Å². The molecule has 37 heavy (non-hydrogen) atoms. The zero-order chi connectivity index (χ0) is 26.7. The van der Waals surface area contributed by atoms with E-state index in [4.69, 9.17) is 25.8 Å². The summed E-state index contributed by atoms with van der Waals surface area (Å²) in [5.41, 5.74) is 1.36. The number of halogens is 2. The van der Waals surface area contributed by atoms with Gasteiger partial charge in [-0.2, -0.15) is 0 Å². The average Bonchev–Trinajstić information content (AvgIpc) is 3.21. The van der Waals surface area contributed by atoms with E-state index in [0.717, 1.165) is 0 Å². The highest BCUT2D eigenvalue weighted by Gasteiger charge is 2.28. The molecule has 0 aliphatic carbocycles. The third-order valence-corrected chi connectivity index (χ3v) is 6.10. The number of hydrogen-bond acceptors (Lipinski definition) is 8. The van der Waals surface area contributed by atoms with E-state index in [1.165, 1.54) is 18.2 Å². The molecule has 0 saturated carbocycles. The van der Waals surface area contributed by atoms with Gasteiger partial charge in [0.05, 0.1) is 21.6 Å². The summed E-state index contributed by atoms with van der Waals surface area (Å²) in [4.78, 5) is 40.1. The summed E-state index contributed by atoms with van der Waals surface area (Å²) in [5.74, 6) is -0.931. The maximum absolute atomic E-state index is 12.6. The van der Waals surface area contributed by atoms with Gasteiger partial charge in [-0.25, -0.2) is 14.6 Å². The van der Waals surface area contributed by atoms with Gasteiger partial charge < -0.3 is 14.2 Å². The third kappa shape index (κ3) is 5.71. The molecule has 9 nitrogen and oxygen atoms in total. The van der Waals surface area contributed by atoms with Crippen LogP contribution in [0.4, 0.5) is 5.69 Å². The minimum absolute atomic E-state index is 0.0128. The van der Waals surface area contributed by atoms with E-state index < -0.39 is 16.9 Å². The summed E-state index contributed by atoms with van der Waals surface area (Å²) >= 11 is 9.28. The summed E-state index contributed by atoms with van der Waals surface area (Å²) in [7, 11) is 0. The van der Waals surface area contributed by atoms with Crippen molar-refractivity contribution in [2.75, 3.05) is 6.61 Å². The van der Waals surface area contributed by atoms with Crippen molar-refractivity contribution in [1.82, 2.24) is 0 Å². The molecule has 0 unspecified atom stereocenters. The fourth-order valence-electron chi connectivity index (χ4n) is 3.51. The number of esters is 2. The molecular weight excluding hydrogens is 568 g/mol. The Morgan fingerprint density at radius 2 is 1.95 bits per heavy atom. The number of nitro benzene ring substituents is 1. The molecule has 0 amide bonds. The molecule has 0 radical (unpaired) electrons. The molecule has 0 bridgehead atoms. The van der Waals surface area contributed by atoms with E-state index in [2.05, 4.69) is 20.9 Å². The lowest BCUT2D eigenvalue weighted by Gasteiger charge is -2.13. The maximum Gasteiger partial charge on any atom is 0.363 e. The predicted molar refractivity (Wildman–Crippen MR) is 140 cm³/mol. The van der Waals surface area contributed by atoms with Crippen molar-refractivity contribution >= 4 is 57.1 Å². The fourth-order valence-corrected chi connectivity index (χ4v) is 4.17. The highest BCUT2D eigenvalue weighted by Crippen LogP contribution is 2.38. The van der Waals surface area contributed by atoms with E-state index in [-0.39, 0.29) is 35.4 Å². The predicted octanol–water partition coefficient (Wildman–Crippen LogP) is 6.28. The molecule has 0 saturated heterocycles. The van der Waals surface area contributed by atoms with Crippen molar-refractivity contribution in [2.24, 2.45) is 4.99 Å². The Morgan fingerprint density at radius 1 is 1.22 bits per heavy atom. The van der Waals surface area contributed by atoms with Gasteiger partial charge in [-0.05, 0) is 83.9 Å². The summed E-state index contributed by atoms with van der Waals surface area (Å²) in [6, 6.07) is 13.9. The van der Waals surface area contributed by atoms with Crippen LogP contribution in [-0.2, 0) is 9.53 Å². The van der Waals surface area contributed by atoms with Crippen LogP contribution in [0.5, 0.6) is 11.5 Å². The molecule has 1 aliphatic heterocycles. The lowest BCUT2D eigenvalue weighted by molar-refractivity contribution is -0.385. The summed E-state index contributed by atoms with van der Waals surface area (Å²) in [6.45, 7) is 3.62. The average molecular weight is 586 g/mol. The molecule has 188 valence electrons. The second kappa shape index (κ2) is 10.9. The van der Waals surface area contributed by atoms with Crippen molar-refractivity contribution < 1.29 is 28.7 Å². The molecule has 0 spiro atoms. The van der Waals surface area contributed by atoms with Gasteiger partial charge >= 0.3 is 11.9 Å². The number of hydrogen-bond donors (Lipinski definition) is 0. The Hall–Kier alpha value is -4.02. The highest BCUT2D eigenvalue weighted by atomic mass is 79.9. The van der Waals surface area contributed by atoms with Crippen LogP contribution in [-0.4, -0.2) is 29.4 Å². The number of nitrogens with zero attached hydrogens (tertiary/aromatic N) is 2. The zero-order valence-electron chi connectivity index (χ0n) is 19.5. The third-order valence-electron chi connectivity index (χ3n) is 5.26. The van der Waals surface area contributed by atoms with Gasteiger partial charge in [-0.3, -0.25) is 10.1 Å². The molecule has 3 aromatic rings. The lowest BCUT2D eigenvalue weighted by atomic mass is 10.1. The van der Waals surface area contributed by atoms with Crippen LogP contribution in [0.15, 0.2) is 69.8 Å². The summed E-state index contributed by atoms with van der Waals surface area (Å²) in [6.07, 6.45) is 1.47. The molecule has 0 aromatic heterocycles.